The molecule has 2 aromatic rings. The van der Waals surface area contributed by atoms with Crippen LogP contribution in [0.3, 0.4) is 0 Å². The summed E-state index contributed by atoms with van der Waals surface area (Å²) in [5.41, 5.74) is 1.40. The summed E-state index contributed by atoms with van der Waals surface area (Å²) in [5.74, 6) is 1.72. The maximum Gasteiger partial charge on any atom is 0.222 e. The summed E-state index contributed by atoms with van der Waals surface area (Å²) in [6.07, 6.45) is 6.06. The van der Waals surface area contributed by atoms with Gasteiger partial charge in [0.1, 0.15) is 11.8 Å². The number of carbonyl (C=O) groups excluding carboxylic acids is 1. The van der Waals surface area contributed by atoms with Gasteiger partial charge in [-0.25, -0.2) is 9.97 Å². The molecule has 2 aliphatic heterocycles. The molecule has 2 fully saturated rings. The summed E-state index contributed by atoms with van der Waals surface area (Å²) >= 11 is 0. The second kappa shape index (κ2) is 7.45. The highest BCUT2D eigenvalue weighted by Gasteiger charge is 2.27. The second-order valence-corrected chi connectivity index (χ2v) is 6.92. The van der Waals surface area contributed by atoms with E-state index in [-0.39, 0.29) is 18.6 Å². The van der Waals surface area contributed by atoms with Crippen LogP contribution in [0.5, 0.6) is 0 Å². The predicted octanol–water partition coefficient (Wildman–Crippen LogP) is 0.738. The number of nitrogens with one attached hydrogen (secondary N) is 2. The lowest BCUT2D eigenvalue weighted by Crippen LogP contribution is -2.32. The van der Waals surface area contributed by atoms with Crippen LogP contribution in [0.4, 0.5) is 11.8 Å². The van der Waals surface area contributed by atoms with Gasteiger partial charge in [0, 0.05) is 32.6 Å². The number of carbonyl (C=O) groups is 1. The SMILES string of the molecule is O=C1CCCN1CCCNc1ncnc2nc(N3CCCC3CO)[nH]c12. The molecule has 0 aromatic carbocycles. The molecule has 2 aromatic heterocycles. The van der Waals surface area contributed by atoms with Gasteiger partial charge in [0.15, 0.2) is 11.5 Å². The second-order valence-electron chi connectivity index (χ2n) is 6.92. The molecule has 4 rings (SSSR count). The number of likely N-dealkylation sites (tertiary alicyclic amines) is 1. The zero-order valence-corrected chi connectivity index (χ0v) is 14.8. The molecule has 2 saturated heterocycles. The van der Waals surface area contributed by atoms with Crippen LogP contribution < -0.4 is 10.2 Å². The average Bonchev–Trinajstić information content (AvgIpc) is 3.37. The van der Waals surface area contributed by atoms with E-state index in [4.69, 9.17) is 0 Å². The number of imidazole rings is 1. The number of anilines is 2. The Morgan fingerprint density at radius 3 is 3.04 bits per heavy atom. The molecule has 1 unspecified atom stereocenters. The fraction of sp³-hybridized carbons (Fsp3) is 0.647. The van der Waals surface area contributed by atoms with Gasteiger partial charge in [-0.2, -0.15) is 4.98 Å². The number of hydrogen-bond acceptors (Lipinski definition) is 7. The van der Waals surface area contributed by atoms with Crippen molar-refractivity contribution in [2.45, 2.75) is 38.1 Å². The van der Waals surface area contributed by atoms with E-state index < -0.39 is 0 Å². The number of H-pyrrole nitrogens is 1. The molecule has 4 heterocycles. The van der Waals surface area contributed by atoms with Gasteiger partial charge in [0.05, 0.1) is 12.6 Å². The van der Waals surface area contributed by atoms with E-state index >= 15 is 0 Å². The first-order valence-electron chi connectivity index (χ1n) is 9.36. The lowest BCUT2D eigenvalue weighted by Gasteiger charge is -2.21. The van der Waals surface area contributed by atoms with Crippen molar-refractivity contribution in [3.63, 3.8) is 0 Å². The van der Waals surface area contributed by atoms with Gasteiger partial charge in [-0.3, -0.25) is 4.79 Å². The van der Waals surface area contributed by atoms with Gasteiger partial charge in [-0.05, 0) is 25.7 Å². The lowest BCUT2D eigenvalue weighted by atomic mass is 10.2. The summed E-state index contributed by atoms with van der Waals surface area (Å²) in [5, 5.41) is 12.9. The molecule has 0 bridgehead atoms. The molecule has 0 spiro atoms. The number of rotatable bonds is 7. The normalized spacial score (nSPS) is 20.5. The highest BCUT2D eigenvalue weighted by Crippen LogP contribution is 2.26. The van der Waals surface area contributed by atoms with Crippen molar-refractivity contribution in [2.24, 2.45) is 0 Å². The summed E-state index contributed by atoms with van der Waals surface area (Å²) in [6, 6.07) is 0.109. The van der Waals surface area contributed by atoms with E-state index in [0.29, 0.717) is 12.1 Å². The molecule has 3 N–H and O–H groups in total. The first kappa shape index (κ1) is 17.0. The molecule has 0 radical (unpaired) electrons. The number of hydrogen-bond donors (Lipinski definition) is 3. The lowest BCUT2D eigenvalue weighted by molar-refractivity contribution is -0.127. The van der Waals surface area contributed by atoms with E-state index in [0.717, 1.165) is 69.1 Å². The number of aromatic nitrogens is 4. The van der Waals surface area contributed by atoms with Gasteiger partial charge >= 0.3 is 0 Å². The van der Waals surface area contributed by atoms with Gasteiger partial charge in [-0.1, -0.05) is 0 Å². The minimum atomic E-state index is 0.109. The number of nitrogens with zero attached hydrogens (tertiary/aromatic N) is 5. The number of fused-ring (bicyclic) bond motifs is 1. The van der Waals surface area contributed by atoms with E-state index in [2.05, 4.69) is 30.2 Å². The highest BCUT2D eigenvalue weighted by molar-refractivity contribution is 5.84. The maximum atomic E-state index is 11.6. The van der Waals surface area contributed by atoms with Gasteiger partial charge in [0.25, 0.3) is 0 Å². The Bertz CT molecular complexity index is 778. The zero-order chi connectivity index (χ0) is 17.9. The molecule has 9 nitrogen and oxygen atoms in total. The van der Waals surface area contributed by atoms with Gasteiger partial charge in [0.2, 0.25) is 11.9 Å². The minimum Gasteiger partial charge on any atom is -0.394 e. The molecule has 26 heavy (non-hydrogen) atoms. The number of aliphatic hydroxyl groups is 1. The number of aliphatic hydroxyl groups excluding tert-OH is 1. The summed E-state index contributed by atoms with van der Waals surface area (Å²) in [6.45, 7) is 3.39. The number of amides is 1. The Balaban J connectivity index is 1.41. The van der Waals surface area contributed by atoms with Crippen LogP contribution in [0.25, 0.3) is 11.2 Å². The Labute approximate surface area is 151 Å². The fourth-order valence-electron chi connectivity index (χ4n) is 3.81. The van der Waals surface area contributed by atoms with Crippen molar-refractivity contribution in [3.05, 3.63) is 6.33 Å². The molecule has 2 aliphatic rings. The van der Waals surface area contributed by atoms with Crippen LogP contribution in [-0.4, -0.2) is 74.7 Å². The minimum absolute atomic E-state index is 0.109. The van der Waals surface area contributed by atoms with Crippen molar-refractivity contribution in [1.82, 2.24) is 24.8 Å². The molecule has 140 valence electrons. The third-order valence-corrected chi connectivity index (χ3v) is 5.20. The molecule has 0 aliphatic carbocycles. The molecule has 1 atom stereocenters. The third kappa shape index (κ3) is 3.31. The Kier molecular flexibility index (Phi) is 4.87. The molecular formula is C17H25N7O2. The largest absolute Gasteiger partial charge is 0.394 e. The Morgan fingerprint density at radius 1 is 1.31 bits per heavy atom. The summed E-state index contributed by atoms with van der Waals surface area (Å²) in [7, 11) is 0. The van der Waals surface area contributed by atoms with Crippen molar-refractivity contribution in [2.75, 3.05) is 43.0 Å². The van der Waals surface area contributed by atoms with Crippen molar-refractivity contribution >= 4 is 28.8 Å². The van der Waals surface area contributed by atoms with Crippen LogP contribution in [0.15, 0.2) is 6.33 Å². The molecule has 1 amide bonds. The monoisotopic (exact) mass is 359 g/mol. The van der Waals surface area contributed by atoms with E-state index in [9.17, 15) is 9.90 Å². The van der Waals surface area contributed by atoms with Crippen molar-refractivity contribution < 1.29 is 9.90 Å². The Hall–Kier alpha value is -2.42. The van der Waals surface area contributed by atoms with Crippen molar-refractivity contribution in [3.8, 4) is 0 Å². The summed E-state index contributed by atoms with van der Waals surface area (Å²) in [4.78, 5) is 32.1. The zero-order valence-electron chi connectivity index (χ0n) is 14.8. The fourth-order valence-corrected chi connectivity index (χ4v) is 3.81. The highest BCUT2D eigenvalue weighted by atomic mass is 16.3. The molecule has 9 heteroatoms. The standard InChI is InChI=1S/C17H25N7O2/c25-10-12-4-1-9-24(12)17-21-14-15(19-11-20-16(14)22-17)18-6-3-8-23-7-2-5-13(23)26/h11-12,25H,1-10H2,(H2,18,19,20,21,22). The van der Waals surface area contributed by atoms with Gasteiger partial charge in [-0.15, -0.1) is 0 Å². The smallest absolute Gasteiger partial charge is 0.222 e. The first-order chi connectivity index (χ1) is 12.8. The van der Waals surface area contributed by atoms with Crippen LogP contribution in [0.1, 0.15) is 32.1 Å². The first-order valence-corrected chi connectivity index (χ1v) is 9.36. The van der Waals surface area contributed by atoms with E-state index in [1.165, 1.54) is 6.33 Å². The molecular weight excluding hydrogens is 334 g/mol. The predicted molar refractivity (Wildman–Crippen MR) is 98.1 cm³/mol. The third-order valence-electron chi connectivity index (χ3n) is 5.20. The quantitative estimate of drug-likeness (QED) is 0.625. The van der Waals surface area contributed by atoms with Gasteiger partial charge < -0.3 is 25.2 Å². The van der Waals surface area contributed by atoms with Crippen LogP contribution in [-0.2, 0) is 4.79 Å². The maximum absolute atomic E-state index is 11.6. The molecule has 0 saturated carbocycles. The topological polar surface area (TPSA) is 110 Å². The average molecular weight is 359 g/mol. The van der Waals surface area contributed by atoms with Crippen molar-refractivity contribution in [1.29, 1.82) is 0 Å². The number of aromatic amines is 1. The van der Waals surface area contributed by atoms with Crippen LogP contribution in [0, 0.1) is 0 Å². The summed E-state index contributed by atoms with van der Waals surface area (Å²) < 4.78 is 0. The van der Waals surface area contributed by atoms with E-state index in [1.54, 1.807) is 0 Å². The van der Waals surface area contributed by atoms with E-state index in [1.807, 2.05) is 4.90 Å². The van der Waals surface area contributed by atoms with Crippen LogP contribution in [0.2, 0.25) is 0 Å². The van der Waals surface area contributed by atoms with Crippen LogP contribution >= 0.6 is 0 Å². The Morgan fingerprint density at radius 2 is 2.23 bits per heavy atom.